The van der Waals surface area contributed by atoms with Gasteiger partial charge in [-0.1, -0.05) is 72.8 Å². The second-order valence-corrected chi connectivity index (χ2v) is 8.55. The summed E-state index contributed by atoms with van der Waals surface area (Å²) in [7, 11) is 1.46. The van der Waals surface area contributed by atoms with Gasteiger partial charge in [-0.15, -0.1) is 0 Å². The number of carbonyl (C=O) groups is 1. The van der Waals surface area contributed by atoms with Crippen LogP contribution in [0.2, 0.25) is 0 Å². The number of nitrogens with zero attached hydrogens (tertiary/aromatic N) is 1. The average Bonchev–Trinajstić information content (AvgIpc) is 2.96. The smallest absolute Gasteiger partial charge is 0.325 e. The van der Waals surface area contributed by atoms with Crippen molar-refractivity contribution in [2.24, 2.45) is 0 Å². The van der Waals surface area contributed by atoms with Crippen molar-refractivity contribution in [3.8, 4) is 11.1 Å². The van der Waals surface area contributed by atoms with Crippen LogP contribution in [-0.4, -0.2) is 23.5 Å². The fourth-order valence-corrected chi connectivity index (χ4v) is 4.73. The lowest BCUT2D eigenvalue weighted by Gasteiger charge is -2.35. The highest BCUT2D eigenvalue weighted by Gasteiger charge is 2.38. The minimum Gasteiger partial charge on any atom is -0.468 e. The van der Waals surface area contributed by atoms with Crippen LogP contribution < -0.4 is 0 Å². The molecule has 4 aromatic rings. The maximum Gasteiger partial charge on any atom is 0.325 e. The molecule has 0 saturated carbocycles. The molecule has 1 aliphatic rings. The van der Waals surface area contributed by atoms with E-state index in [1.165, 1.54) is 50.9 Å². The quantitative estimate of drug-likeness (QED) is 0.394. The number of benzene rings is 4. The maximum atomic E-state index is 12.6. The zero-order chi connectivity index (χ0) is 20.9. The van der Waals surface area contributed by atoms with Gasteiger partial charge in [-0.3, -0.25) is 9.69 Å². The van der Waals surface area contributed by atoms with Crippen molar-refractivity contribution in [3.63, 3.8) is 0 Å². The number of hydrogen-bond acceptors (Lipinski definition) is 3. The molecule has 0 unspecified atom stereocenters. The summed E-state index contributed by atoms with van der Waals surface area (Å²) in [6.45, 7) is 5.27. The summed E-state index contributed by atoms with van der Waals surface area (Å²) in [6, 6.07) is 25.9. The Kier molecular flexibility index (Phi) is 4.37. The van der Waals surface area contributed by atoms with Crippen molar-refractivity contribution in [1.29, 1.82) is 0 Å². The summed E-state index contributed by atoms with van der Waals surface area (Å²) in [6.07, 6.45) is 0. The molecule has 3 heteroatoms. The third kappa shape index (κ3) is 2.81. The fourth-order valence-electron chi connectivity index (χ4n) is 4.73. The van der Waals surface area contributed by atoms with Gasteiger partial charge >= 0.3 is 5.97 Å². The Labute approximate surface area is 176 Å². The van der Waals surface area contributed by atoms with E-state index in [4.69, 9.17) is 4.74 Å². The highest BCUT2D eigenvalue weighted by molar-refractivity contribution is 6.08. The maximum absolute atomic E-state index is 12.6. The molecule has 0 radical (unpaired) electrons. The summed E-state index contributed by atoms with van der Waals surface area (Å²) >= 11 is 0. The van der Waals surface area contributed by atoms with Crippen LogP contribution >= 0.6 is 0 Å². The minimum absolute atomic E-state index is 0.214. The van der Waals surface area contributed by atoms with Crippen molar-refractivity contribution in [2.75, 3.05) is 7.11 Å². The molecular formula is C27H25NO2. The molecule has 0 bridgehead atoms. The monoisotopic (exact) mass is 395 g/mol. The van der Waals surface area contributed by atoms with Crippen LogP contribution in [-0.2, 0) is 22.6 Å². The molecule has 1 aliphatic heterocycles. The molecule has 150 valence electrons. The topological polar surface area (TPSA) is 29.5 Å². The Bertz CT molecular complexity index is 1200. The van der Waals surface area contributed by atoms with E-state index in [2.05, 4.69) is 77.7 Å². The summed E-state index contributed by atoms with van der Waals surface area (Å²) in [4.78, 5) is 14.9. The van der Waals surface area contributed by atoms with Gasteiger partial charge in [-0.05, 0) is 57.6 Å². The summed E-state index contributed by atoms with van der Waals surface area (Å²) < 4.78 is 5.14. The van der Waals surface area contributed by atoms with E-state index in [0.717, 1.165) is 0 Å². The molecular weight excluding hydrogens is 370 g/mol. The molecule has 0 amide bonds. The Morgan fingerprint density at radius 3 is 1.70 bits per heavy atom. The molecule has 0 N–H and O–H groups in total. The van der Waals surface area contributed by atoms with Gasteiger partial charge < -0.3 is 4.74 Å². The Balaban J connectivity index is 1.86. The first-order chi connectivity index (χ1) is 14.5. The number of esters is 1. The average molecular weight is 396 g/mol. The van der Waals surface area contributed by atoms with E-state index in [9.17, 15) is 4.79 Å². The van der Waals surface area contributed by atoms with Crippen LogP contribution in [0.1, 0.15) is 25.0 Å². The van der Waals surface area contributed by atoms with Crippen LogP contribution in [0.15, 0.2) is 72.8 Å². The summed E-state index contributed by atoms with van der Waals surface area (Å²) in [5, 5.41) is 4.97. The molecule has 0 aliphatic carbocycles. The van der Waals surface area contributed by atoms with E-state index in [-0.39, 0.29) is 5.97 Å². The van der Waals surface area contributed by atoms with Crippen molar-refractivity contribution in [1.82, 2.24) is 4.90 Å². The number of rotatable bonds is 2. The Hall–Kier alpha value is -3.17. The third-order valence-corrected chi connectivity index (χ3v) is 6.48. The lowest BCUT2D eigenvalue weighted by molar-refractivity contribution is -0.154. The number of methoxy groups -OCH3 is 1. The van der Waals surface area contributed by atoms with Gasteiger partial charge in [0.2, 0.25) is 0 Å². The van der Waals surface area contributed by atoms with Gasteiger partial charge in [0.05, 0.1) is 7.11 Å². The second-order valence-electron chi connectivity index (χ2n) is 8.55. The van der Waals surface area contributed by atoms with Gasteiger partial charge in [0.1, 0.15) is 5.54 Å². The minimum atomic E-state index is -0.731. The molecule has 3 nitrogen and oxygen atoms in total. The van der Waals surface area contributed by atoms with Crippen molar-refractivity contribution in [2.45, 2.75) is 32.5 Å². The van der Waals surface area contributed by atoms with Gasteiger partial charge in [0.15, 0.2) is 0 Å². The normalized spacial score (nSPS) is 14.2. The first-order valence-electron chi connectivity index (χ1n) is 10.4. The van der Waals surface area contributed by atoms with Crippen molar-refractivity contribution >= 4 is 27.5 Å². The summed E-state index contributed by atoms with van der Waals surface area (Å²) in [5.74, 6) is -0.214. The molecule has 0 spiro atoms. The van der Waals surface area contributed by atoms with Crippen molar-refractivity contribution < 1.29 is 9.53 Å². The van der Waals surface area contributed by atoms with Crippen LogP contribution in [0.3, 0.4) is 0 Å². The second kappa shape index (κ2) is 6.96. The standard InChI is InChI=1S/C27H25NO2/c1-27(2,26(29)30-3)28-16-20-14-12-18-8-4-6-10-22(18)24(20)25-21(17-28)15-13-19-9-5-7-11-23(19)25/h4-15H,16-17H2,1-3H3. The van der Waals surface area contributed by atoms with E-state index < -0.39 is 5.54 Å². The molecule has 0 atom stereocenters. The first-order valence-corrected chi connectivity index (χ1v) is 10.4. The molecule has 0 fully saturated rings. The van der Waals surface area contributed by atoms with Gasteiger partial charge in [0, 0.05) is 13.1 Å². The fraction of sp³-hybridized carbons (Fsp3) is 0.222. The number of hydrogen-bond donors (Lipinski definition) is 0. The predicted octanol–water partition coefficient (Wildman–Crippen LogP) is 5.93. The molecule has 30 heavy (non-hydrogen) atoms. The van der Waals surface area contributed by atoms with Gasteiger partial charge in [-0.25, -0.2) is 0 Å². The Morgan fingerprint density at radius 2 is 1.23 bits per heavy atom. The molecule has 0 aromatic heterocycles. The highest BCUT2D eigenvalue weighted by atomic mass is 16.5. The zero-order valence-corrected chi connectivity index (χ0v) is 17.6. The van der Waals surface area contributed by atoms with E-state index in [1.54, 1.807) is 0 Å². The van der Waals surface area contributed by atoms with E-state index in [0.29, 0.717) is 13.1 Å². The Morgan fingerprint density at radius 1 is 0.767 bits per heavy atom. The first kappa shape index (κ1) is 18.8. The van der Waals surface area contributed by atoms with Crippen molar-refractivity contribution in [3.05, 3.63) is 83.9 Å². The molecule has 5 rings (SSSR count). The van der Waals surface area contributed by atoms with E-state index in [1.807, 2.05) is 13.8 Å². The zero-order valence-electron chi connectivity index (χ0n) is 17.6. The van der Waals surface area contributed by atoms with Gasteiger partial charge in [-0.2, -0.15) is 0 Å². The highest BCUT2D eigenvalue weighted by Crippen LogP contribution is 2.43. The predicted molar refractivity (Wildman–Crippen MR) is 122 cm³/mol. The summed E-state index contributed by atoms with van der Waals surface area (Å²) in [5.41, 5.74) is 4.30. The van der Waals surface area contributed by atoms with Crippen LogP contribution in [0.5, 0.6) is 0 Å². The van der Waals surface area contributed by atoms with Crippen LogP contribution in [0.4, 0.5) is 0 Å². The molecule has 4 aromatic carbocycles. The van der Waals surface area contributed by atoms with Crippen LogP contribution in [0.25, 0.3) is 32.7 Å². The largest absolute Gasteiger partial charge is 0.468 e. The number of carbonyl (C=O) groups excluding carboxylic acids is 1. The third-order valence-electron chi connectivity index (χ3n) is 6.48. The SMILES string of the molecule is COC(=O)C(C)(C)N1Cc2ccc3ccccc3c2-c2c(ccc3ccccc23)C1. The number of ether oxygens (including phenoxy) is 1. The number of fused-ring (bicyclic) bond motifs is 7. The van der Waals surface area contributed by atoms with Gasteiger partial charge in [0.25, 0.3) is 0 Å². The lowest BCUT2D eigenvalue weighted by atomic mass is 9.88. The van der Waals surface area contributed by atoms with E-state index >= 15 is 0 Å². The lowest BCUT2D eigenvalue weighted by Crippen LogP contribution is -2.49. The molecule has 0 saturated heterocycles. The van der Waals surface area contributed by atoms with Crippen LogP contribution in [0, 0.1) is 0 Å². The molecule has 1 heterocycles.